The number of pyridine rings is 1. The fourth-order valence-electron chi connectivity index (χ4n) is 8.73. The molecule has 47 heavy (non-hydrogen) atoms. The third kappa shape index (κ3) is 6.23. The molecule has 11 heteroatoms. The van der Waals surface area contributed by atoms with Crippen LogP contribution in [0.15, 0.2) is 66.9 Å². The van der Waals surface area contributed by atoms with Crippen LogP contribution >= 0.6 is 0 Å². The molecule has 4 bridgehead atoms. The monoisotopic (exact) mass is 658 g/mol. The summed E-state index contributed by atoms with van der Waals surface area (Å²) in [6, 6.07) is 18.0. The van der Waals surface area contributed by atoms with Crippen LogP contribution in [0.4, 0.5) is 4.79 Å². The summed E-state index contributed by atoms with van der Waals surface area (Å²) in [4.78, 5) is 32.3. The fraction of sp³-hybridized carbons (Fsp3) is 0.472. The highest BCUT2D eigenvalue weighted by Gasteiger charge is 2.50. The number of para-hydroxylation sites is 1. The second kappa shape index (κ2) is 12.2. The molecule has 4 fully saturated rings. The van der Waals surface area contributed by atoms with Gasteiger partial charge in [0, 0.05) is 22.9 Å². The summed E-state index contributed by atoms with van der Waals surface area (Å²) in [5, 5.41) is 17.5. The minimum Gasteiger partial charge on any atom is -0.446 e. The number of rotatable bonds is 10. The van der Waals surface area contributed by atoms with Crippen LogP contribution in [0.3, 0.4) is 0 Å². The lowest BCUT2D eigenvalue weighted by Crippen LogP contribution is -2.61. The van der Waals surface area contributed by atoms with Gasteiger partial charge in [-0.1, -0.05) is 48.5 Å². The van der Waals surface area contributed by atoms with Crippen molar-refractivity contribution in [3.05, 3.63) is 78.1 Å². The molecule has 4 aliphatic rings. The molecule has 4 aliphatic carbocycles. The first-order chi connectivity index (χ1) is 22.5. The number of fused-ring (bicyclic) bond motifs is 3. The predicted molar refractivity (Wildman–Crippen MR) is 179 cm³/mol. The zero-order valence-electron chi connectivity index (χ0n) is 26.8. The standard InChI is InChI=1S/C36H42N4O6S/c1-36(34(42)38-28(21-41)17-22-8-4-3-5-9-22,39-35(43)46-33-25-13-23-12-24(15-25)16-26(33)14-23)19-27-18-30-29-10-6-7-11-31(29)40(47(2,44)45)32(30)20-37-27/h3-11,18,20,23-26,28,33,41H,12-17,19,21H2,1-2H3,(H,38,42)(H,39,43). The Labute approximate surface area is 274 Å². The van der Waals surface area contributed by atoms with Gasteiger partial charge in [-0.15, -0.1) is 0 Å². The Morgan fingerprint density at radius 2 is 1.64 bits per heavy atom. The lowest BCUT2D eigenvalue weighted by molar-refractivity contribution is -0.128. The van der Waals surface area contributed by atoms with E-state index >= 15 is 0 Å². The Morgan fingerprint density at radius 1 is 0.979 bits per heavy atom. The summed E-state index contributed by atoms with van der Waals surface area (Å²) < 4.78 is 32.9. The van der Waals surface area contributed by atoms with Crippen molar-refractivity contribution in [1.29, 1.82) is 0 Å². The number of nitrogens with zero attached hydrogens (tertiary/aromatic N) is 2. The normalized spacial score (nSPS) is 25.4. The number of amides is 2. The van der Waals surface area contributed by atoms with Crippen LogP contribution in [0, 0.1) is 23.7 Å². The number of carbonyl (C=O) groups excluding carboxylic acids is 2. The molecular weight excluding hydrogens is 616 g/mol. The van der Waals surface area contributed by atoms with Crippen molar-refractivity contribution in [3.8, 4) is 0 Å². The predicted octanol–water partition coefficient (Wildman–Crippen LogP) is 4.57. The van der Waals surface area contributed by atoms with Crippen molar-refractivity contribution in [1.82, 2.24) is 19.6 Å². The molecule has 8 rings (SSSR count). The van der Waals surface area contributed by atoms with E-state index in [1.807, 2.05) is 42.5 Å². The molecule has 248 valence electrons. The van der Waals surface area contributed by atoms with Crippen LogP contribution in [0.25, 0.3) is 21.8 Å². The maximum Gasteiger partial charge on any atom is 0.408 e. The zero-order valence-corrected chi connectivity index (χ0v) is 27.6. The molecule has 2 heterocycles. The highest BCUT2D eigenvalue weighted by atomic mass is 32.2. The number of carbonyl (C=O) groups is 2. The average Bonchev–Trinajstić information content (AvgIpc) is 3.37. The van der Waals surface area contributed by atoms with Crippen LogP contribution in [0.1, 0.15) is 50.3 Å². The lowest BCUT2D eigenvalue weighted by Gasteiger charge is -2.53. The van der Waals surface area contributed by atoms with E-state index in [9.17, 15) is 23.1 Å². The number of nitrogens with one attached hydrogen (secondary N) is 2. The SMILES string of the molecule is CC(Cc1cc2c3ccccc3n(S(C)(=O)=O)c2cn1)(NC(=O)OC1C2CC3CC(C2)CC1C3)C(=O)NC(CO)Cc1ccccc1. The Bertz CT molecular complexity index is 1900. The van der Waals surface area contributed by atoms with Gasteiger partial charge in [0.05, 0.1) is 36.1 Å². The molecule has 2 unspecified atom stereocenters. The second-order valence-electron chi connectivity index (χ2n) is 14.2. The summed E-state index contributed by atoms with van der Waals surface area (Å²) >= 11 is 0. The minimum absolute atomic E-state index is 0.00735. The van der Waals surface area contributed by atoms with Gasteiger partial charge in [-0.25, -0.2) is 17.2 Å². The Balaban J connectivity index is 1.18. The van der Waals surface area contributed by atoms with E-state index in [2.05, 4.69) is 15.6 Å². The van der Waals surface area contributed by atoms with Crippen LogP contribution in [0.2, 0.25) is 0 Å². The molecule has 0 spiro atoms. The largest absolute Gasteiger partial charge is 0.446 e. The molecule has 0 radical (unpaired) electrons. The van der Waals surface area contributed by atoms with Gasteiger partial charge in [0.25, 0.3) is 0 Å². The molecule has 10 nitrogen and oxygen atoms in total. The molecule has 2 aromatic heterocycles. The first kappa shape index (κ1) is 31.6. The van der Waals surface area contributed by atoms with Gasteiger partial charge < -0.3 is 20.5 Å². The number of hydrogen-bond donors (Lipinski definition) is 3. The van der Waals surface area contributed by atoms with Crippen molar-refractivity contribution in [2.75, 3.05) is 12.9 Å². The summed E-state index contributed by atoms with van der Waals surface area (Å²) in [5.41, 5.74) is 0.917. The van der Waals surface area contributed by atoms with Gasteiger partial charge in [0.15, 0.2) is 0 Å². The number of benzene rings is 2. The molecule has 2 amide bonds. The third-order valence-electron chi connectivity index (χ3n) is 10.6. The minimum atomic E-state index is -3.64. The summed E-state index contributed by atoms with van der Waals surface area (Å²) in [7, 11) is -3.64. The van der Waals surface area contributed by atoms with Gasteiger partial charge in [-0.3, -0.25) is 9.78 Å². The van der Waals surface area contributed by atoms with Crippen LogP contribution in [-0.4, -0.2) is 65.0 Å². The highest BCUT2D eigenvalue weighted by Crippen LogP contribution is 2.54. The molecule has 4 aromatic rings. The smallest absolute Gasteiger partial charge is 0.408 e. The second-order valence-corrected chi connectivity index (χ2v) is 16.0. The zero-order chi connectivity index (χ0) is 32.9. The van der Waals surface area contributed by atoms with E-state index in [1.165, 1.54) is 16.6 Å². The van der Waals surface area contributed by atoms with Crippen molar-refractivity contribution in [3.63, 3.8) is 0 Å². The van der Waals surface area contributed by atoms with Crippen LogP contribution in [-0.2, 0) is 32.4 Å². The third-order valence-corrected chi connectivity index (χ3v) is 11.6. The maximum absolute atomic E-state index is 14.1. The molecule has 4 saturated carbocycles. The number of ether oxygens (including phenoxy) is 1. The quantitative estimate of drug-likeness (QED) is 0.227. The van der Waals surface area contributed by atoms with Gasteiger partial charge in [-0.2, -0.15) is 0 Å². The van der Waals surface area contributed by atoms with Crippen molar-refractivity contribution >= 4 is 43.8 Å². The van der Waals surface area contributed by atoms with Crippen LogP contribution in [0.5, 0.6) is 0 Å². The number of hydrogen-bond acceptors (Lipinski definition) is 7. The Kier molecular flexibility index (Phi) is 8.24. The number of aromatic nitrogens is 2. The van der Waals surface area contributed by atoms with Gasteiger partial charge in [0.2, 0.25) is 15.9 Å². The van der Waals surface area contributed by atoms with E-state index in [1.54, 1.807) is 25.1 Å². The van der Waals surface area contributed by atoms with Gasteiger partial charge >= 0.3 is 6.09 Å². The summed E-state index contributed by atoms with van der Waals surface area (Å²) in [6.45, 7) is 1.35. The van der Waals surface area contributed by atoms with Gasteiger partial charge in [-0.05, 0) is 86.8 Å². The maximum atomic E-state index is 14.1. The van der Waals surface area contributed by atoms with E-state index in [0.29, 0.717) is 40.4 Å². The molecule has 0 aliphatic heterocycles. The molecule has 3 N–H and O–H groups in total. The Hall–Kier alpha value is -3.96. The molecule has 0 saturated heterocycles. The highest BCUT2D eigenvalue weighted by molar-refractivity contribution is 7.89. The van der Waals surface area contributed by atoms with Crippen molar-refractivity contribution in [2.45, 2.75) is 69.6 Å². The number of alkyl carbamates (subject to hydrolysis) is 1. The number of aliphatic hydroxyl groups excluding tert-OH is 1. The van der Waals surface area contributed by atoms with E-state index in [-0.39, 0.29) is 19.1 Å². The van der Waals surface area contributed by atoms with E-state index < -0.39 is 33.6 Å². The first-order valence-corrected chi connectivity index (χ1v) is 18.4. The van der Waals surface area contributed by atoms with E-state index in [4.69, 9.17) is 4.74 Å². The fourth-order valence-corrected chi connectivity index (χ4v) is 9.74. The van der Waals surface area contributed by atoms with Gasteiger partial charge in [0.1, 0.15) is 11.6 Å². The topological polar surface area (TPSA) is 140 Å². The Morgan fingerprint density at radius 3 is 2.30 bits per heavy atom. The van der Waals surface area contributed by atoms with Crippen molar-refractivity contribution < 1.29 is 27.9 Å². The molecule has 2 atom stereocenters. The first-order valence-electron chi connectivity index (χ1n) is 16.5. The van der Waals surface area contributed by atoms with Crippen LogP contribution < -0.4 is 10.6 Å². The lowest BCUT2D eigenvalue weighted by atomic mass is 9.55. The average molecular weight is 659 g/mol. The number of aliphatic hydroxyl groups is 1. The summed E-state index contributed by atoms with van der Waals surface area (Å²) in [6.07, 6.45) is 7.92. The molecule has 2 aromatic carbocycles. The molecular formula is C36H42N4O6S. The van der Waals surface area contributed by atoms with Crippen molar-refractivity contribution in [2.24, 2.45) is 23.7 Å². The van der Waals surface area contributed by atoms with E-state index in [0.717, 1.165) is 54.7 Å². The summed E-state index contributed by atoms with van der Waals surface area (Å²) in [5.74, 6) is 1.70.